The van der Waals surface area contributed by atoms with Crippen LogP contribution in [0, 0.1) is 34.0 Å². The van der Waals surface area contributed by atoms with Gasteiger partial charge in [0.25, 0.3) is 0 Å². The molecule has 4 saturated carbocycles. The summed E-state index contributed by atoms with van der Waals surface area (Å²) in [4.78, 5) is 12.0. The topological polar surface area (TPSA) is 57.5 Å². The zero-order chi connectivity index (χ0) is 16.6. The van der Waals surface area contributed by atoms with Crippen LogP contribution in [0.3, 0.4) is 0 Å². The Bertz CT molecular complexity index is 569. The predicted octanol–water partition coefficient (Wildman–Crippen LogP) is 4.01. The Labute approximate surface area is 139 Å². The van der Waals surface area contributed by atoms with Gasteiger partial charge < -0.3 is 10.2 Å². The first-order chi connectivity index (χ1) is 10.8. The third-order valence-corrected chi connectivity index (χ3v) is 8.70. The third kappa shape index (κ3) is 1.72. The van der Waals surface area contributed by atoms with Gasteiger partial charge in [0.2, 0.25) is 0 Å². The van der Waals surface area contributed by atoms with E-state index < -0.39 is 11.4 Å². The maximum Gasteiger partial charge on any atom is 0.309 e. The second-order valence-electron chi connectivity index (χ2n) is 9.41. The molecule has 0 amide bonds. The first kappa shape index (κ1) is 15.7. The number of carboxylic acids is 1. The van der Waals surface area contributed by atoms with Crippen molar-refractivity contribution in [3.63, 3.8) is 0 Å². The van der Waals surface area contributed by atoms with Crippen LogP contribution in [0.1, 0.15) is 65.2 Å². The lowest BCUT2D eigenvalue weighted by atomic mass is 9.40. The smallest absolute Gasteiger partial charge is 0.309 e. The van der Waals surface area contributed by atoms with E-state index in [9.17, 15) is 15.0 Å². The maximum absolute atomic E-state index is 12.0. The van der Waals surface area contributed by atoms with Gasteiger partial charge >= 0.3 is 5.97 Å². The van der Waals surface area contributed by atoms with E-state index in [0.717, 1.165) is 56.9 Å². The van der Waals surface area contributed by atoms with Crippen LogP contribution in [0.5, 0.6) is 0 Å². The van der Waals surface area contributed by atoms with Crippen LogP contribution in [0.25, 0.3) is 0 Å². The average molecular weight is 318 g/mol. The zero-order valence-electron chi connectivity index (χ0n) is 14.5. The summed E-state index contributed by atoms with van der Waals surface area (Å²) in [6, 6.07) is 0. The Kier molecular flexibility index (Phi) is 3.15. The molecule has 0 aromatic carbocycles. The molecule has 0 heterocycles. The van der Waals surface area contributed by atoms with Crippen molar-refractivity contribution in [2.45, 2.75) is 71.3 Å². The van der Waals surface area contributed by atoms with E-state index in [-0.39, 0.29) is 22.9 Å². The molecule has 3 heteroatoms. The quantitative estimate of drug-likeness (QED) is 0.718. The summed E-state index contributed by atoms with van der Waals surface area (Å²) < 4.78 is 0. The fraction of sp³-hybridized carbons (Fsp3) is 0.850. The highest BCUT2D eigenvalue weighted by Gasteiger charge is 2.67. The van der Waals surface area contributed by atoms with Crippen LogP contribution in [0.4, 0.5) is 0 Å². The largest absolute Gasteiger partial charge is 0.481 e. The molecular weight excluding hydrogens is 288 g/mol. The molecule has 3 nitrogen and oxygen atoms in total. The average Bonchev–Trinajstić information content (AvgIpc) is 2.68. The fourth-order valence-corrected chi connectivity index (χ4v) is 7.62. The monoisotopic (exact) mass is 318 g/mol. The summed E-state index contributed by atoms with van der Waals surface area (Å²) in [7, 11) is 0. The maximum atomic E-state index is 12.0. The van der Waals surface area contributed by atoms with Crippen molar-refractivity contribution in [2.75, 3.05) is 0 Å². The first-order valence-corrected chi connectivity index (χ1v) is 9.36. The minimum absolute atomic E-state index is 0.0119. The number of carbonyl (C=O) groups is 1. The molecule has 2 N–H and O–H groups in total. The number of hydrogen-bond donors (Lipinski definition) is 2. The number of carboxylic acid groups (broad SMARTS) is 1. The molecule has 4 fully saturated rings. The number of aliphatic hydroxyl groups is 1. The number of rotatable bonds is 1. The molecule has 23 heavy (non-hydrogen) atoms. The molecule has 2 bridgehead atoms. The van der Waals surface area contributed by atoms with E-state index >= 15 is 0 Å². The summed E-state index contributed by atoms with van der Waals surface area (Å²) in [5, 5.41) is 20.9. The van der Waals surface area contributed by atoms with Gasteiger partial charge in [0.1, 0.15) is 0 Å². The molecular formula is C20H30O3. The Morgan fingerprint density at radius 3 is 2.57 bits per heavy atom. The molecule has 128 valence electrons. The molecule has 0 aromatic heterocycles. The molecule has 0 aromatic rings. The minimum atomic E-state index is -0.616. The van der Waals surface area contributed by atoms with Crippen molar-refractivity contribution in [2.24, 2.45) is 34.0 Å². The lowest BCUT2D eigenvalue weighted by Gasteiger charge is -2.63. The Morgan fingerprint density at radius 2 is 1.87 bits per heavy atom. The van der Waals surface area contributed by atoms with Crippen molar-refractivity contribution in [1.82, 2.24) is 0 Å². The van der Waals surface area contributed by atoms with E-state index in [0.29, 0.717) is 11.8 Å². The zero-order valence-corrected chi connectivity index (χ0v) is 14.5. The molecule has 7 atom stereocenters. The highest BCUT2D eigenvalue weighted by atomic mass is 16.4. The number of hydrogen-bond acceptors (Lipinski definition) is 2. The lowest BCUT2D eigenvalue weighted by Crippen LogP contribution is -2.60. The van der Waals surface area contributed by atoms with Crippen LogP contribution < -0.4 is 0 Å². The van der Waals surface area contributed by atoms with Gasteiger partial charge in [-0.05, 0) is 80.6 Å². The van der Waals surface area contributed by atoms with E-state index in [1.54, 1.807) is 0 Å². The van der Waals surface area contributed by atoms with E-state index in [2.05, 4.69) is 13.5 Å². The molecule has 0 aliphatic heterocycles. The number of aliphatic hydroxyl groups excluding tert-OH is 1. The summed E-state index contributed by atoms with van der Waals surface area (Å²) in [5.74, 6) is 0.581. The highest BCUT2D eigenvalue weighted by molar-refractivity contribution is 5.75. The summed E-state index contributed by atoms with van der Waals surface area (Å²) in [5.41, 5.74) is 0.514. The molecule has 3 unspecified atom stereocenters. The predicted molar refractivity (Wildman–Crippen MR) is 88.8 cm³/mol. The number of fused-ring (bicyclic) bond motifs is 3. The molecule has 0 saturated heterocycles. The van der Waals surface area contributed by atoms with Gasteiger partial charge in [0, 0.05) is 5.41 Å². The molecule has 4 rings (SSSR count). The van der Waals surface area contributed by atoms with Crippen LogP contribution in [0.2, 0.25) is 0 Å². The SMILES string of the molecule is C=C1[C@H]2CCC3C(CCC4[C@@]3(C)CCC[C@@]4(C)C(=O)O)(C2)[C@@H]1O. The Balaban J connectivity index is 1.78. The van der Waals surface area contributed by atoms with Gasteiger partial charge in [0.15, 0.2) is 0 Å². The van der Waals surface area contributed by atoms with E-state index in [4.69, 9.17) is 0 Å². The van der Waals surface area contributed by atoms with Gasteiger partial charge in [-0.25, -0.2) is 0 Å². The second-order valence-corrected chi connectivity index (χ2v) is 9.41. The van der Waals surface area contributed by atoms with Gasteiger partial charge in [0.05, 0.1) is 11.5 Å². The third-order valence-electron chi connectivity index (χ3n) is 8.70. The minimum Gasteiger partial charge on any atom is -0.481 e. The molecule has 4 aliphatic carbocycles. The van der Waals surface area contributed by atoms with Crippen molar-refractivity contribution < 1.29 is 15.0 Å². The summed E-state index contributed by atoms with van der Waals surface area (Å²) >= 11 is 0. The van der Waals surface area contributed by atoms with Crippen LogP contribution in [-0.2, 0) is 4.79 Å². The Hall–Kier alpha value is -0.830. The first-order valence-electron chi connectivity index (χ1n) is 9.36. The van der Waals surface area contributed by atoms with Crippen molar-refractivity contribution >= 4 is 5.97 Å². The van der Waals surface area contributed by atoms with Crippen molar-refractivity contribution in [3.8, 4) is 0 Å². The van der Waals surface area contributed by atoms with Crippen LogP contribution >= 0.6 is 0 Å². The molecule has 0 radical (unpaired) electrons. The van der Waals surface area contributed by atoms with Crippen molar-refractivity contribution in [1.29, 1.82) is 0 Å². The number of aliphatic carboxylic acids is 1. The Morgan fingerprint density at radius 1 is 1.13 bits per heavy atom. The molecule has 4 aliphatic rings. The van der Waals surface area contributed by atoms with Crippen LogP contribution in [0.15, 0.2) is 12.2 Å². The van der Waals surface area contributed by atoms with Gasteiger partial charge in [-0.3, -0.25) is 4.79 Å². The van der Waals surface area contributed by atoms with Gasteiger partial charge in [-0.2, -0.15) is 0 Å². The van der Waals surface area contributed by atoms with E-state index in [1.165, 1.54) is 0 Å². The summed E-state index contributed by atoms with van der Waals surface area (Å²) in [6.07, 6.45) is 7.86. The van der Waals surface area contributed by atoms with Crippen LogP contribution in [-0.4, -0.2) is 22.3 Å². The fourth-order valence-electron chi connectivity index (χ4n) is 7.62. The van der Waals surface area contributed by atoms with Crippen molar-refractivity contribution in [3.05, 3.63) is 12.2 Å². The lowest BCUT2D eigenvalue weighted by molar-refractivity contribution is -0.190. The second kappa shape index (κ2) is 4.62. The normalized spacial score (nSPS) is 55.2. The molecule has 1 spiro atoms. The van der Waals surface area contributed by atoms with Gasteiger partial charge in [-0.1, -0.05) is 19.9 Å². The van der Waals surface area contributed by atoms with Gasteiger partial charge in [-0.15, -0.1) is 0 Å². The highest BCUT2D eigenvalue weighted by Crippen LogP contribution is 2.72. The van der Waals surface area contributed by atoms with E-state index in [1.807, 2.05) is 6.92 Å². The standard InChI is InChI=1S/C20H30O3/c1-12-13-5-6-15-18(2)8-4-9-19(3,17(22)23)14(18)7-10-20(15,11-13)16(12)21/h13-16,21H,1,4-11H2,2-3H3,(H,22,23)/t13-,14?,15?,16+,18+,19+,20?/m0/s1. The summed E-state index contributed by atoms with van der Waals surface area (Å²) in [6.45, 7) is 8.53.